The van der Waals surface area contributed by atoms with Crippen LogP contribution in [-0.4, -0.2) is 46.8 Å². The number of hydrogen-bond donors (Lipinski definition) is 2. The number of fused-ring (bicyclic) bond motifs is 2. The van der Waals surface area contributed by atoms with Gasteiger partial charge in [0.05, 0.1) is 5.39 Å². The fourth-order valence-electron chi connectivity index (χ4n) is 4.81. The first-order valence-corrected chi connectivity index (χ1v) is 10.1. The number of anilines is 1. The molecule has 2 N–H and O–H groups in total. The van der Waals surface area contributed by atoms with Crippen LogP contribution in [-0.2, 0) is 0 Å². The first kappa shape index (κ1) is 18.3. The molecule has 3 unspecified atom stereocenters. The number of carboxylic acid groups (broad SMARTS) is 1. The summed E-state index contributed by atoms with van der Waals surface area (Å²) in [6, 6.07) is 1.62. The summed E-state index contributed by atoms with van der Waals surface area (Å²) in [6.07, 6.45) is 8.49. The third-order valence-electron chi connectivity index (χ3n) is 6.48. The number of carbonyl (C=O) groups is 1. The van der Waals surface area contributed by atoms with Crippen LogP contribution in [0.4, 0.5) is 10.2 Å². The van der Waals surface area contributed by atoms with Gasteiger partial charge >= 0.3 is 5.97 Å². The highest BCUT2D eigenvalue weighted by atomic mass is 19.1. The van der Waals surface area contributed by atoms with Crippen LogP contribution in [0.3, 0.4) is 0 Å². The Labute approximate surface area is 166 Å². The van der Waals surface area contributed by atoms with E-state index in [0.29, 0.717) is 36.6 Å². The molecule has 152 valence electrons. The first-order valence-electron chi connectivity index (χ1n) is 10.1. The van der Waals surface area contributed by atoms with E-state index in [0.717, 1.165) is 19.3 Å². The quantitative estimate of drug-likeness (QED) is 0.768. The summed E-state index contributed by atoms with van der Waals surface area (Å²) in [5.41, 5.74) is -0.655. The molecule has 2 fully saturated rings. The molecule has 2 aromatic heterocycles. The van der Waals surface area contributed by atoms with Crippen LogP contribution in [0.1, 0.15) is 35.7 Å². The van der Waals surface area contributed by atoms with Gasteiger partial charge in [-0.1, -0.05) is 12.2 Å². The number of rotatable bonds is 4. The zero-order valence-electron chi connectivity index (χ0n) is 16.1. The molecule has 5 rings (SSSR count). The van der Waals surface area contributed by atoms with Gasteiger partial charge in [0.1, 0.15) is 11.2 Å². The molecule has 1 aliphatic heterocycles. The van der Waals surface area contributed by atoms with Gasteiger partial charge in [-0.15, -0.1) is 0 Å². The highest BCUT2D eigenvalue weighted by Gasteiger charge is 2.39. The first-order chi connectivity index (χ1) is 14.0. The smallest absolute Gasteiger partial charge is 0.341 e. The largest absolute Gasteiger partial charge is 0.477 e. The number of carboxylic acids is 1. The molecule has 0 bridgehead atoms. The lowest BCUT2D eigenvalue weighted by molar-refractivity contribution is 0.0695. The van der Waals surface area contributed by atoms with E-state index in [9.17, 15) is 14.7 Å². The Kier molecular flexibility index (Phi) is 4.20. The standard InChI is InChI=1S/C21H23FN4O3/c1-23-17-4-2-3-11-8-25(9-14(11)17)20-16(22)7-13-18(27)15(21(28)29)10-26(12-5-6-12)19(13)24-20/h2-3,7,10-12,14,17,23H,4-6,8-9H2,1H3,(H,28,29). The summed E-state index contributed by atoms with van der Waals surface area (Å²) in [5, 5.41) is 12.8. The van der Waals surface area contributed by atoms with E-state index in [1.165, 1.54) is 12.3 Å². The van der Waals surface area contributed by atoms with Crippen molar-refractivity contribution in [3.8, 4) is 0 Å². The monoisotopic (exact) mass is 398 g/mol. The fourth-order valence-corrected chi connectivity index (χ4v) is 4.81. The third kappa shape index (κ3) is 2.93. The highest BCUT2D eigenvalue weighted by Crippen LogP contribution is 2.39. The van der Waals surface area contributed by atoms with Crippen LogP contribution in [0, 0.1) is 17.7 Å². The van der Waals surface area contributed by atoms with Crippen molar-refractivity contribution in [1.29, 1.82) is 0 Å². The minimum Gasteiger partial charge on any atom is -0.477 e. The van der Waals surface area contributed by atoms with E-state index in [1.54, 1.807) is 4.57 Å². The second-order valence-corrected chi connectivity index (χ2v) is 8.27. The summed E-state index contributed by atoms with van der Waals surface area (Å²) in [6.45, 7) is 1.37. The van der Waals surface area contributed by atoms with Crippen molar-refractivity contribution in [1.82, 2.24) is 14.9 Å². The van der Waals surface area contributed by atoms with Crippen LogP contribution >= 0.6 is 0 Å². The molecule has 0 radical (unpaired) electrons. The fraction of sp³-hybridized carbons (Fsp3) is 0.476. The molecule has 3 aliphatic rings. The maximum Gasteiger partial charge on any atom is 0.341 e. The molecular formula is C21H23FN4O3. The van der Waals surface area contributed by atoms with E-state index in [1.807, 2.05) is 11.9 Å². The Balaban J connectivity index is 1.61. The van der Waals surface area contributed by atoms with Crippen LogP contribution in [0.15, 0.2) is 29.2 Å². The van der Waals surface area contributed by atoms with Gasteiger partial charge in [0.15, 0.2) is 11.6 Å². The lowest BCUT2D eigenvalue weighted by Crippen LogP contribution is -2.39. The van der Waals surface area contributed by atoms with Gasteiger partial charge in [-0.25, -0.2) is 14.2 Å². The van der Waals surface area contributed by atoms with Crippen molar-refractivity contribution in [3.05, 3.63) is 46.0 Å². The van der Waals surface area contributed by atoms with Gasteiger partial charge < -0.3 is 19.9 Å². The molecule has 3 heterocycles. The molecule has 1 saturated heterocycles. The summed E-state index contributed by atoms with van der Waals surface area (Å²) in [5.74, 6) is -0.931. The van der Waals surface area contributed by atoms with E-state index < -0.39 is 17.2 Å². The molecule has 3 atom stereocenters. The van der Waals surface area contributed by atoms with Crippen molar-refractivity contribution < 1.29 is 14.3 Å². The number of aromatic carboxylic acids is 1. The SMILES string of the molecule is CNC1CC=CC2CN(c3nc4c(cc3F)c(=O)c(C(=O)O)cn4C3CC3)CC21. The third-order valence-corrected chi connectivity index (χ3v) is 6.48. The Morgan fingerprint density at radius 2 is 2.14 bits per heavy atom. The molecule has 29 heavy (non-hydrogen) atoms. The Bertz CT molecular complexity index is 1090. The molecular weight excluding hydrogens is 375 g/mol. The number of nitrogens with zero attached hydrogens (tertiary/aromatic N) is 3. The van der Waals surface area contributed by atoms with E-state index in [4.69, 9.17) is 0 Å². The summed E-state index contributed by atoms with van der Waals surface area (Å²) in [7, 11) is 1.95. The number of hydrogen-bond acceptors (Lipinski definition) is 5. The normalized spacial score (nSPS) is 26.1. The molecule has 0 aromatic carbocycles. The van der Waals surface area contributed by atoms with Crippen LogP contribution in [0.5, 0.6) is 0 Å². The predicted octanol–water partition coefficient (Wildman–Crippen LogP) is 2.17. The number of pyridine rings is 2. The van der Waals surface area contributed by atoms with Crippen molar-refractivity contribution in [2.45, 2.75) is 31.3 Å². The predicted molar refractivity (Wildman–Crippen MR) is 107 cm³/mol. The molecule has 2 aromatic rings. The summed E-state index contributed by atoms with van der Waals surface area (Å²) < 4.78 is 16.8. The van der Waals surface area contributed by atoms with Crippen molar-refractivity contribution in [3.63, 3.8) is 0 Å². The van der Waals surface area contributed by atoms with Crippen LogP contribution < -0.4 is 15.6 Å². The average Bonchev–Trinajstić information content (AvgIpc) is 3.45. The van der Waals surface area contributed by atoms with Gasteiger partial charge in [-0.2, -0.15) is 0 Å². The van der Waals surface area contributed by atoms with E-state index >= 15 is 4.39 Å². The topological polar surface area (TPSA) is 87.5 Å². The van der Waals surface area contributed by atoms with Crippen LogP contribution in [0.25, 0.3) is 11.0 Å². The minimum atomic E-state index is -1.30. The average molecular weight is 398 g/mol. The second-order valence-electron chi connectivity index (χ2n) is 8.27. The van der Waals surface area contributed by atoms with E-state index in [2.05, 4.69) is 22.5 Å². The zero-order chi connectivity index (χ0) is 20.3. The highest BCUT2D eigenvalue weighted by molar-refractivity contribution is 5.92. The van der Waals surface area contributed by atoms with E-state index in [-0.39, 0.29) is 22.8 Å². The summed E-state index contributed by atoms with van der Waals surface area (Å²) >= 11 is 0. The minimum absolute atomic E-state index is 0.0302. The molecule has 1 saturated carbocycles. The maximum absolute atomic E-state index is 15.1. The molecule has 8 heteroatoms. The summed E-state index contributed by atoms with van der Waals surface area (Å²) in [4.78, 5) is 30.6. The Morgan fingerprint density at radius 3 is 2.83 bits per heavy atom. The van der Waals surface area contributed by atoms with Gasteiger partial charge in [-0.3, -0.25) is 4.79 Å². The van der Waals surface area contributed by atoms with Gasteiger partial charge in [0.25, 0.3) is 0 Å². The molecule has 0 spiro atoms. The number of aromatic nitrogens is 2. The lowest BCUT2D eigenvalue weighted by Gasteiger charge is -2.28. The lowest BCUT2D eigenvalue weighted by atomic mass is 9.83. The molecule has 0 amide bonds. The number of nitrogens with one attached hydrogen (secondary N) is 1. The van der Waals surface area contributed by atoms with Crippen LogP contribution in [0.2, 0.25) is 0 Å². The zero-order valence-corrected chi connectivity index (χ0v) is 16.1. The van der Waals surface area contributed by atoms with Crippen molar-refractivity contribution >= 4 is 22.8 Å². The maximum atomic E-state index is 15.1. The van der Waals surface area contributed by atoms with Gasteiger partial charge in [-0.05, 0) is 38.3 Å². The Hall–Kier alpha value is -2.74. The van der Waals surface area contributed by atoms with Gasteiger partial charge in [0.2, 0.25) is 5.43 Å². The molecule has 7 nitrogen and oxygen atoms in total. The van der Waals surface area contributed by atoms with Crippen molar-refractivity contribution in [2.75, 3.05) is 25.0 Å². The van der Waals surface area contributed by atoms with Crippen molar-refractivity contribution in [2.24, 2.45) is 11.8 Å². The Morgan fingerprint density at radius 1 is 1.34 bits per heavy atom. The second kappa shape index (κ2) is 6.66. The molecule has 2 aliphatic carbocycles. The number of halogens is 1. The van der Waals surface area contributed by atoms with Gasteiger partial charge in [0, 0.05) is 37.3 Å².